The van der Waals surface area contributed by atoms with E-state index in [-0.39, 0.29) is 23.9 Å². The van der Waals surface area contributed by atoms with E-state index in [9.17, 15) is 14.4 Å². The molecule has 0 bridgehead atoms. The van der Waals surface area contributed by atoms with Crippen molar-refractivity contribution in [2.24, 2.45) is 5.92 Å². The molecule has 0 aromatic carbocycles. The first-order valence-corrected chi connectivity index (χ1v) is 6.90. The van der Waals surface area contributed by atoms with Gasteiger partial charge in [-0.25, -0.2) is 0 Å². The molecule has 1 aromatic rings. The molecule has 0 saturated heterocycles. The zero-order valence-corrected chi connectivity index (χ0v) is 12.1. The highest BCUT2D eigenvalue weighted by Crippen LogP contribution is 2.04. The summed E-state index contributed by atoms with van der Waals surface area (Å²) in [6.07, 6.45) is 0. The van der Waals surface area contributed by atoms with Crippen LogP contribution in [0.4, 0.5) is 0 Å². The molecule has 1 amide bonds. The van der Waals surface area contributed by atoms with Crippen LogP contribution in [0, 0.1) is 12.8 Å². The maximum atomic E-state index is 12.1. The van der Waals surface area contributed by atoms with Gasteiger partial charge in [0.25, 0.3) is 0 Å². The van der Waals surface area contributed by atoms with Crippen molar-refractivity contribution in [2.75, 3.05) is 13.1 Å². The van der Waals surface area contributed by atoms with Gasteiger partial charge >= 0.3 is 10.8 Å². The fraction of sp³-hybridized carbons (Fsp3) is 0.583. The van der Waals surface area contributed by atoms with Crippen LogP contribution in [0.3, 0.4) is 0 Å². The van der Waals surface area contributed by atoms with Gasteiger partial charge < -0.3 is 10.0 Å². The smallest absolute Gasteiger partial charge is 0.308 e. The van der Waals surface area contributed by atoms with Gasteiger partial charge in [0.05, 0.1) is 5.92 Å². The van der Waals surface area contributed by atoms with E-state index in [1.54, 1.807) is 26.2 Å². The summed E-state index contributed by atoms with van der Waals surface area (Å²) in [7, 11) is 0. The first-order chi connectivity index (χ1) is 8.86. The molecule has 0 aliphatic rings. The number of carbonyl (C=O) groups excluding carboxylic acids is 1. The summed E-state index contributed by atoms with van der Waals surface area (Å²) in [5.74, 6) is -1.79. The predicted octanol–water partition coefficient (Wildman–Crippen LogP) is 0.787. The monoisotopic (exact) mass is 286 g/mol. The molecular weight excluding hydrogens is 268 g/mol. The lowest BCUT2D eigenvalue weighted by atomic mass is 10.1. The summed E-state index contributed by atoms with van der Waals surface area (Å²) in [4.78, 5) is 35.7. The molecule has 1 aromatic heterocycles. The van der Waals surface area contributed by atoms with Crippen LogP contribution < -0.4 is 4.87 Å². The maximum absolute atomic E-state index is 12.1. The number of nitrogens with zero attached hydrogens (tertiary/aromatic N) is 2. The van der Waals surface area contributed by atoms with E-state index in [1.165, 1.54) is 9.47 Å². The number of hydrogen-bond donors (Lipinski definition) is 1. The van der Waals surface area contributed by atoms with Crippen LogP contribution in [0.25, 0.3) is 0 Å². The molecule has 1 N–H and O–H groups in total. The van der Waals surface area contributed by atoms with Gasteiger partial charge in [0, 0.05) is 24.2 Å². The maximum Gasteiger partial charge on any atom is 0.308 e. The average Bonchev–Trinajstić information content (AvgIpc) is 2.66. The Morgan fingerprint density at radius 1 is 1.53 bits per heavy atom. The van der Waals surface area contributed by atoms with Gasteiger partial charge in [-0.3, -0.25) is 19.0 Å². The number of aliphatic carboxylic acids is 1. The van der Waals surface area contributed by atoms with Crippen molar-refractivity contribution in [3.63, 3.8) is 0 Å². The van der Waals surface area contributed by atoms with Crippen LogP contribution in [-0.2, 0) is 16.1 Å². The van der Waals surface area contributed by atoms with Gasteiger partial charge in [-0.2, -0.15) is 0 Å². The van der Waals surface area contributed by atoms with Gasteiger partial charge in [-0.05, 0) is 13.8 Å². The highest BCUT2D eigenvalue weighted by Gasteiger charge is 2.20. The van der Waals surface area contributed by atoms with Crippen molar-refractivity contribution in [1.82, 2.24) is 9.47 Å². The van der Waals surface area contributed by atoms with E-state index in [2.05, 4.69) is 0 Å². The van der Waals surface area contributed by atoms with Crippen LogP contribution in [0.5, 0.6) is 0 Å². The summed E-state index contributed by atoms with van der Waals surface area (Å²) in [5, 5.41) is 10.6. The number of rotatable bonds is 6. The van der Waals surface area contributed by atoms with Crippen molar-refractivity contribution in [3.8, 4) is 0 Å². The van der Waals surface area contributed by atoms with Crippen LogP contribution in [0.15, 0.2) is 10.2 Å². The molecule has 0 aliphatic heterocycles. The number of aromatic nitrogens is 1. The van der Waals surface area contributed by atoms with Gasteiger partial charge in [-0.1, -0.05) is 18.3 Å². The molecule has 6 nitrogen and oxygen atoms in total. The summed E-state index contributed by atoms with van der Waals surface area (Å²) in [6, 6.07) is 0. The number of carboxylic acids is 1. The number of aryl methyl sites for hydroxylation is 1. The SMILES string of the molecule is CCN(CC(C)C(=O)O)C(=O)Cn1c(C)csc1=O. The molecule has 19 heavy (non-hydrogen) atoms. The molecule has 0 aliphatic carbocycles. The number of amides is 1. The Morgan fingerprint density at radius 2 is 2.16 bits per heavy atom. The molecule has 1 rings (SSSR count). The number of carbonyl (C=O) groups is 2. The summed E-state index contributed by atoms with van der Waals surface area (Å²) in [6.45, 7) is 5.66. The molecule has 7 heteroatoms. The van der Waals surface area contributed by atoms with E-state index in [0.29, 0.717) is 6.54 Å². The second-order valence-corrected chi connectivity index (χ2v) is 5.22. The minimum absolute atomic E-state index is 0.0334. The molecule has 0 radical (unpaired) electrons. The molecule has 1 unspecified atom stereocenters. The van der Waals surface area contributed by atoms with E-state index < -0.39 is 11.9 Å². The van der Waals surface area contributed by atoms with Crippen LogP contribution >= 0.6 is 11.3 Å². The largest absolute Gasteiger partial charge is 0.481 e. The van der Waals surface area contributed by atoms with E-state index in [0.717, 1.165) is 17.0 Å². The molecular formula is C12H18N2O4S. The zero-order valence-electron chi connectivity index (χ0n) is 11.3. The first-order valence-electron chi connectivity index (χ1n) is 6.02. The predicted molar refractivity (Wildman–Crippen MR) is 72.4 cm³/mol. The third kappa shape index (κ3) is 3.92. The van der Waals surface area contributed by atoms with E-state index >= 15 is 0 Å². The lowest BCUT2D eigenvalue weighted by Crippen LogP contribution is -2.39. The van der Waals surface area contributed by atoms with Crippen LogP contribution in [0.2, 0.25) is 0 Å². The Balaban J connectivity index is 2.75. The zero-order chi connectivity index (χ0) is 14.6. The third-order valence-corrected chi connectivity index (χ3v) is 3.80. The minimum Gasteiger partial charge on any atom is -0.481 e. The highest BCUT2D eigenvalue weighted by molar-refractivity contribution is 7.07. The number of likely N-dealkylation sites (N-methyl/N-ethyl adjacent to an activating group) is 1. The van der Waals surface area contributed by atoms with Crippen molar-refractivity contribution < 1.29 is 14.7 Å². The number of carboxylic acid groups (broad SMARTS) is 1. The van der Waals surface area contributed by atoms with Crippen molar-refractivity contribution in [1.29, 1.82) is 0 Å². The van der Waals surface area contributed by atoms with Gasteiger partial charge in [-0.15, -0.1) is 0 Å². The van der Waals surface area contributed by atoms with Gasteiger partial charge in [0.2, 0.25) is 5.91 Å². The van der Waals surface area contributed by atoms with Gasteiger partial charge in [0.15, 0.2) is 0 Å². The number of hydrogen-bond acceptors (Lipinski definition) is 4. The Hall–Kier alpha value is -1.63. The first kappa shape index (κ1) is 15.4. The average molecular weight is 286 g/mol. The van der Waals surface area contributed by atoms with E-state index in [1.807, 2.05) is 0 Å². The summed E-state index contributed by atoms with van der Waals surface area (Å²) < 4.78 is 1.40. The number of thiazole rings is 1. The fourth-order valence-corrected chi connectivity index (χ4v) is 2.38. The topological polar surface area (TPSA) is 79.6 Å². The second kappa shape index (κ2) is 6.51. The normalized spacial score (nSPS) is 12.2. The van der Waals surface area contributed by atoms with Gasteiger partial charge in [0.1, 0.15) is 6.54 Å². The van der Waals surface area contributed by atoms with Crippen LogP contribution in [-0.4, -0.2) is 39.5 Å². The summed E-state index contributed by atoms with van der Waals surface area (Å²) >= 11 is 1.05. The lowest BCUT2D eigenvalue weighted by Gasteiger charge is -2.23. The standard InChI is InChI=1S/C12H18N2O4S/c1-4-13(5-8(2)11(16)17)10(15)6-14-9(3)7-19-12(14)18/h7-8H,4-6H2,1-3H3,(H,16,17). The summed E-state index contributed by atoms with van der Waals surface area (Å²) in [5.41, 5.74) is 0.741. The van der Waals surface area contributed by atoms with Crippen molar-refractivity contribution >= 4 is 23.2 Å². The van der Waals surface area contributed by atoms with E-state index in [4.69, 9.17) is 5.11 Å². The minimum atomic E-state index is -0.935. The lowest BCUT2D eigenvalue weighted by molar-refractivity contribution is -0.143. The quantitative estimate of drug-likeness (QED) is 0.838. The fourth-order valence-electron chi connectivity index (χ4n) is 1.65. The Labute approximate surface area is 115 Å². The van der Waals surface area contributed by atoms with Crippen LogP contribution in [0.1, 0.15) is 19.5 Å². The Bertz CT molecular complexity index is 520. The molecule has 106 valence electrons. The Morgan fingerprint density at radius 3 is 2.58 bits per heavy atom. The molecule has 0 saturated carbocycles. The molecule has 0 fully saturated rings. The second-order valence-electron chi connectivity index (χ2n) is 4.40. The molecule has 0 spiro atoms. The molecule has 1 heterocycles. The van der Waals surface area contributed by atoms with Crippen molar-refractivity contribution in [2.45, 2.75) is 27.3 Å². The Kier molecular flexibility index (Phi) is 5.29. The highest BCUT2D eigenvalue weighted by atomic mass is 32.1. The van der Waals surface area contributed by atoms with Crippen molar-refractivity contribution in [3.05, 3.63) is 20.7 Å². The molecule has 1 atom stereocenters. The third-order valence-electron chi connectivity index (χ3n) is 2.92.